The van der Waals surface area contributed by atoms with Crippen molar-refractivity contribution >= 4 is 11.9 Å². The van der Waals surface area contributed by atoms with Gasteiger partial charge in [0.2, 0.25) is 5.91 Å². The van der Waals surface area contributed by atoms with Gasteiger partial charge >= 0.3 is 5.97 Å². The van der Waals surface area contributed by atoms with Crippen molar-refractivity contribution in [1.82, 2.24) is 5.32 Å². The minimum Gasteiger partial charge on any atom is -0.466 e. The van der Waals surface area contributed by atoms with Crippen LogP contribution in [0.15, 0.2) is 60.8 Å². The van der Waals surface area contributed by atoms with E-state index in [0.717, 1.165) is 64.2 Å². The van der Waals surface area contributed by atoms with Crippen molar-refractivity contribution in [2.45, 2.75) is 397 Å². The largest absolute Gasteiger partial charge is 0.466 e. The number of unbranched alkanes of at least 4 members (excludes halogenated alkanes) is 44. The van der Waals surface area contributed by atoms with Gasteiger partial charge in [0.15, 0.2) is 6.29 Å². The molecule has 0 aromatic rings. The lowest BCUT2D eigenvalue weighted by atomic mass is 9.99. The molecule has 0 bridgehead atoms. The van der Waals surface area contributed by atoms with E-state index in [9.17, 15) is 35.1 Å². The zero-order valence-electron chi connectivity index (χ0n) is 57.2. The van der Waals surface area contributed by atoms with Gasteiger partial charge in [0.1, 0.15) is 24.4 Å². The minimum atomic E-state index is -1.57. The van der Waals surface area contributed by atoms with Gasteiger partial charge in [0, 0.05) is 12.8 Å². The zero-order valence-corrected chi connectivity index (χ0v) is 57.2. The lowest BCUT2D eigenvalue weighted by molar-refractivity contribution is -0.302. The average molecular weight is 1240 g/mol. The van der Waals surface area contributed by atoms with Gasteiger partial charge in [-0.2, -0.15) is 0 Å². The third-order valence-electron chi connectivity index (χ3n) is 17.6. The zero-order chi connectivity index (χ0) is 63.7. The second-order valence-electron chi connectivity index (χ2n) is 26.0. The number of esters is 1. The molecule has 1 saturated heterocycles. The van der Waals surface area contributed by atoms with Gasteiger partial charge in [-0.25, -0.2) is 0 Å². The predicted molar refractivity (Wildman–Crippen MR) is 370 cm³/mol. The number of amides is 1. The van der Waals surface area contributed by atoms with Crippen LogP contribution in [-0.2, 0) is 23.8 Å². The lowest BCUT2D eigenvalue weighted by Gasteiger charge is -2.40. The Morgan fingerprint density at radius 3 is 1.19 bits per heavy atom. The summed E-state index contributed by atoms with van der Waals surface area (Å²) >= 11 is 0. The molecule has 7 unspecified atom stereocenters. The Kier molecular flexibility index (Phi) is 62.4. The molecular weight excluding hydrogens is 1100 g/mol. The van der Waals surface area contributed by atoms with Crippen LogP contribution >= 0.6 is 0 Å². The van der Waals surface area contributed by atoms with Crippen LogP contribution < -0.4 is 5.32 Å². The Morgan fingerprint density at radius 1 is 0.420 bits per heavy atom. The average Bonchev–Trinajstić information content (AvgIpc) is 2.54. The van der Waals surface area contributed by atoms with Crippen LogP contribution in [0.2, 0.25) is 0 Å². The third-order valence-corrected chi connectivity index (χ3v) is 17.6. The summed E-state index contributed by atoms with van der Waals surface area (Å²) in [5, 5.41) is 54.3. The second kappa shape index (κ2) is 65.8. The fourth-order valence-electron chi connectivity index (χ4n) is 11.7. The number of allylic oxidation sites excluding steroid dienone is 9. The number of aliphatic hydroxyl groups excluding tert-OH is 5. The van der Waals surface area contributed by atoms with Gasteiger partial charge in [-0.15, -0.1) is 0 Å². The first-order valence-corrected chi connectivity index (χ1v) is 37.6. The molecule has 1 aliphatic heterocycles. The summed E-state index contributed by atoms with van der Waals surface area (Å²) in [6.07, 6.45) is 78.4. The van der Waals surface area contributed by atoms with E-state index in [1.165, 1.54) is 263 Å². The smallest absolute Gasteiger partial charge is 0.305 e. The lowest BCUT2D eigenvalue weighted by Crippen LogP contribution is -2.60. The molecule has 0 aliphatic carbocycles. The highest BCUT2D eigenvalue weighted by molar-refractivity contribution is 5.76. The molecule has 514 valence electrons. The van der Waals surface area contributed by atoms with Crippen LogP contribution in [-0.4, -0.2) is 100 Å². The number of hydrogen-bond donors (Lipinski definition) is 6. The quantitative estimate of drug-likeness (QED) is 0.0195. The molecule has 0 aromatic heterocycles. The molecule has 0 spiro atoms. The maximum Gasteiger partial charge on any atom is 0.305 e. The van der Waals surface area contributed by atoms with Crippen LogP contribution in [0, 0.1) is 0 Å². The van der Waals surface area contributed by atoms with Crippen molar-refractivity contribution in [2.24, 2.45) is 0 Å². The van der Waals surface area contributed by atoms with Crippen LogP contribution in [0.1, 0.15) is 354 Å². The summed E-state index contributed by atoms with van der Waals surface area (Å²) in [6.45, 7) is 4.28. The summed E-state index contributed by atoms with van der Waals surface area (Å²) in [5.74, 6) is -0.187. The number of nitrogens with one attached hydrogen (secondary N) is 1. The molecule has 6 N–H and O–H groups in total. The fraction of sp³-hybridized carbons (Fsp3) is 0.844. The molecule has 1 heterocycles. The predicted octanol–water partition coefficient (Wildman–Crippen LogP) is 19.7. The molecule has 88 heavy (non-hydrogen) atoms. The number of rotatable bonds is 66. The topological polar surface area (TPSA) is 175 Å². The number of carbonyl (C=O) groups is 2. The SMILES string of the molecule is CCCCC/C=C\CCCCCCCC(=O)OCCCCCCCCCCCCCCCCC/C=C\C/C=C\CCCCCCCCCCCCCCCCCCCC(=O)NC(COC1OC(CO)C(O)C(O)C1O)C(O)/C=C/CC/C=C/CCCCC. The van der Waals surface area contributed by atoms with E-state index in [0.29, 0.717) is 19.4 Å². The second-order valence-corrected chi connectivity index (χ2v) is 26.0. The molecule has 0 aromatic carbocycles. The molecule has 1 aliphatic rings. The van der Waals surface area contributed by atoms with Crippen molar-refractivity contribution in [3.8, 4) is 0 Å². The Hall–Kier alpha value is -2.64. The molecule has 0 saturated carbocycles. The first-order chi connectivity index (χ1) is 43.2. The van der Waals surface area contributed by atoms with Gasteiger partial charge in [-0.1, -0.05) is 299 Å². The monoisotopic (exact) mass is 1240 g/mol. The van der Waals surface area contributed by atoms with Gasteiger partial charge in [-0.05, 0) is 103 Å². The van der Waals surface area contributed by atoms with E-state index in [2.05, 4.69) is 67.8 Å². The molecule has 0 radical (unpaired) electrons. The Morgan fingerprint density at radius 2 is 0.773 bits per heavy atom. The molecule has 1 fully saturated rings. The van der Waals surface area contributed by atoms with Crippen molar-refractivity contribution in [2.75, 3.05) is 19.8 Å². The standard InChI is InChI=1S/C77H141NO10/c1-3-5-7-9-11-13-14-45-49-53-57-61-65-73(82)86-66-62-58-54-50-46-43-41-39-37-35-33-31-29-27-25-23-21-19-17-15-16-18-20-22-24-26-28-30-32-34-36-38-40-42-44-48-52-56-60-64-72(81)78-69(70(80)63-59-55-51-47-12-10-8-6-4-2)68-87-77-76(85)75(84)74(83)71(67-79)88-77/h11-13,15-16,19,21,47,59,63,69-71,74-77,79-80,83-85H,3-10,14,17-18,20,22-46,48-58,60-62,64-68H2,1-2H3,(H,78,81)/b13-11-,16-15-,21-19-,47-12+,63-59+. The van der Waals surface area contributed by atoms with E-state index in [4.69, 9.17) is 14.2 Å². The number of aliphatic hydroxyl groups is 5. The normalized spacial score (nSPS) is 18.1. The van der Waals surface area contributed by atoms with Crippen molar-refractivity contribution in [1.29, 1.82) is 0 Å². The van der Waals surface area contributed by atoms with Gasteiger partial charge in [0.25, 0.3) is 0 Å². The Bertz CT molecular complexity index is 1650. The minimum absolute atomic E-state index is 0.00415. The van der Waals surface area contributed by atoms with Crippen LogP contribution in [0.5, 0.6) is 0 Å². The number of ether oxygens (including phenoxy) is 3. The van der Waals surface area contributed by atoms with Crippen molar-refractivity contribution in [3.05, 3.63) is 60.8 Å². The van der Waals surface area contributed by atoms with Crippen LogP contribution in [0.4, 0.5) is 0 Å². The molecule has 1 rings (SSSR count). The fourth-order valence-corrected chi connectivity index (χ4v) is 11.7. The molecular formula is C77H141NO10. The van der Waals surface area contributed by atoms with Crippen LogP contribution in [0.25, 0.3) is 0 Å². The highest BCUT2D eigenvalue weighted by Crippen LogP contribution is 2.23. The first kappa shape index (κ1) is 83.4. The number of carbonyl (C=O) groups excluding carboxylic acids is 2. The maximum absolute atomic E-state index is 13.0. The first-order valence-electron chi connectivity index (χ1n) is 37.6. The molecule has 11 heteroatoms. The summed E-state index contributed by atoms with van der Waals surface area (Å²) in [6, 6.07) is -0.824. The van der Waals surface area contributed by atoms with E-state index in [1.807, 2.05) is 6.08 Å². The van der Waals surface area contributed by atoms with E-state index in [-0.39, 0.29) is 18.5 Å². The van der Waals surface area contributed by atoms with E-state index < -0.39 is 49.5 Å². The van der Waals surface area contributed by atoms with E-state index >= 15 is 0 Å². The summed E-state index contributed by atoms with van der Waals surface area (Å²) in [5.41, 5.74) is 0. The van der Waals surface area contributed by atoms with Crippen LogP contribution in [0.3, 0.4) is 0 Å². The molecule has 1 amide bonds. The van der Waals surface area contributed by atoms with E-state index in [1.54, 1.807) is 6.08 Å². The van der Waals surface area contributed by atoms with Gasteiger partial charge in [-0.3, -0.25) is 9.59 Å². The molecule has 7 atom stereocenters. The summed E-state index contributed by atoms with van der Waals surface area (Å²) in [4.78, 5) is 25.0. The highest BCUT2D eigenvalue weighted by atomic mass is 16.7. The maximum atomic E-state index is 13.0. The van der Waals surface area contributed by atoms with Gasteiger partial charge < -0.3 is 45.1 Å². The summed E-state index contributed by atoms with van der Waals surface area (Å²) < 4.78 is 16.7. The van der Waals surface area contributed by atoms with Gasteiger partial charge in [0.05, 0.1) is 32.0 Å². The highest BCUT2D eigenvalue weighted by Gasteiger charge is 2.44. The third kappa shape index (κ3) is 54.0. The van der Waals surface area contributed by atoms with Crippen molar-refractivity contribution < 1.29 is 49.3 Å². The summed E-state index contributed by atoms with van der Waals surface area (Å²) in [7, 11) is 0. The Labute approximate surface area is 541 Å². The number of hydrogen-bond acceptors (Lipinski definition) is 10. The molecule has 11 nitrogen and oxygen atoms in total. The Balaban J connectivity index is 1.88. The van der Waals surface area contributed by atoms with Crippen molar-refractivity contribution in [3.63, 3.8) is 0 Å².